The van der Waals surface area contributed by atoms with E-state index in [9.17, 15) is 23.2 Å². The number of primary amides is 1. The van der Waals surface area contributed by atoms with Crippen molar-refractivity contribution in [3.63, 3.8) is 0 Å². The van der Waals surface area contributed by atoms with Crippen molar-refractivity contribution in [2.24, 2.45) is 5.73 Å². The molecule has 2 aromatic carbocycles. The maximum absolute atomic E-state index is 12.6. The molecule has 150 valence electrons. The first kappa shape index (κ1) is 20.4. The molecule has 1 aromatic heterocycles. The van der Waals surface area contributed by atoms with Gasteiger partial charge in [0.2, 0.25) is 5.91 Å². The first-order valence-electron chi connectivity index (χ1n) is 8.13. The number of benzene rings is 2. The number of nitrogens with two attached hydrogens (primary N) is 1. The van der Waals surface area contributed by atoms with E-state index in [0.29, 0.717) is 16.1 Å². The summed E-state index contributed by atoms with van der Waals surface area (Å²) in [4.78, 5) is 13.0. The van der Waals surface area contributed by atoms with Gasteiger partial charge in [0.25, 0.3) is 0 Å². The van der Waals surface area contributed by atoms with Crippen molar-refractivity contribution in [1.82, 2.24) is 15.0 Å². The molecule has 2 N–H and O–H groups in total. The molecule has 1 heterocycles. The van der Waals surface area contributed by atoms with Crippen LogP contribution in [-0.4, -0.2) is 27.3 Å². The Bertz CT molecular complexity index is 1140. The monoisotopic (exact) mass is 423 g/mol. The SMILES string of the molecule is CC(C#N)(Cn1nc2cccc(Cl)c2n1)c1cc(OC(F)(F)F)ccc1C(N)=O. The highest BCUT2D eigenvalue weighted by molar-refractivity contribution is 6.34. The highest BCUT2D eigenvalue weighted by atomic mass is 35.5. The number of aromatic nitrogens is 3. The number of fused-ring (bicyclic) bond motifs is 1. The third-order valence-corrected chi connectivity index (χ3v) is 4.50. The molecule has 1 unspecified atom stereocenters. The van der Waals surface area contributed by atoms with Crippen molar-refractivity contribution < 1.29 is 22.7 Å². The first-order chi connectivity index (χ1) is 13.5. The molecule has 11 heteroatoms. The van der Waals surface area contributed by atoms with Crippen LogP contribution < -0.4 is 10.5 Å². The number of alkyl halides is 3. The number of carbonyl (C=O) groups excluding carboxylic acids is 1. The Balaban J connectivity index is 2.08. The van der Waals surface area contributed by atoms with Crippen molar-refractivity contribution in [3.8, 4) is 11.8 Å². The Kier molecular flexibility index (Phi) is 5.11. The van der Waals surface area contributed by atoms with Crippen LogP contribution in [0.25, 0.3) is 11.0 Å². The van der Waals surface area contributed by atoms with Crippen LogP contribution in [0, 0.1) is 11.3 Å². The number of rotatable bonds is 5. The second-order valence-electron chi connectivity index (χ2n) is 6.40. The van der Waals surface area contributed by atoms with E-state index in [-0.39, 0.29) is 17.7 Å². The fourth-order valence-electron chi connectivity index (χ4n) is 2.87. The smallest absolute Gasteiger partial charge is 0.406 e. The Morgan fingerprint density at radius 3 is 2.62 bits per heavy atom. The van der Waals surface area contributed by atoms with Crippen LogP contribution in [0.5, 0.6) is 5.75 Å². The molecule has 0 saturated carbocycles. The molecule has 0 spiro atoms. The lowest BCUT2D eigenvalue weighted by Gasteiger charge is -2.24. The van der Waals surface area contributed by atoms with Crippen LogP contribution in [0.4, 0.5) is 13.2 Å². The second kappa shape index (κ2) is 7.25. The van der Waals surface area contributed by atoms with Gasteiger partial charge in [-0.1, -0.05) is 17.7 Å². The van der Waals surface area contributed by atoms with Crippen molar-refractivity contribution >= 4 is 28.5 Å². The minimum absolute atomic E-state index is 0.0401. The quantitative estimate of drug-likeness (QED) is 0.675. The summed E-state index contributed by atoms with van der Waals surface area (Å²) in [5.41, 5.74) is 4.57. The van der Waals surface area contributed by atoms with Gasteiger partial charge in [0.05, 0.1) is 17.6 Å². The highest BCUT2D eigenvalue weighted by Gasteiger charge is 2.35. The van der Waals surface area contributed by atoms with E-state index < -0.39 is 23.4 Å². The molecule has 0 aliphatic rings. The summed E-state index contributed by atoms with van der Waals surface area (Å²) in [7, 11) is 0. The van der Waals surface area contributed by atoms with Gasteiger partial charge in [-0.2, -0.15) is 20.3 Å². The summed E-state index contributed by atoms with van der Waals surface area (Å²) in [6.45, 7) is 1.26. The number of hydrogen-bond acceptors (Lipinski definition) is 5. The molecule has 0 aliphatic heterocycles. The summed E-state index contributed by atoms with van der Waals surface area (Å²) < 4.78 is 41.7. The van der Waals surface area contributed by atoms with Crippen molar-refractivity contribution in [2.45, 2.75) is 25.2 Å². The van der Waals surface area contributed by atoms with Crippen LogP contribution in [-0.2, 0) is 12.0 Å². The Morgan fingerprint density at radius 1 is 1.31 bits per heavy atom. The lowest BCUT2D eigenvalue weighted by molar-refractivity contribution is -0.274. The number of nitrogens with zero attached hydrogens (tertiary/aromatic N) is 4. The van der Waals surface area contributed by atoms with Gasteiger partial charge in [-0.25, -0.2) is 0 Å². The van der Waals surface area contributed by atoms with Gasteiger partial charge in [-0.3, -0.25) is 4.79 Å². The number of halogens is 4. The molecule has 3 aromatic rings. The average molecular weight is 424 g/mol. The fourth-order valence-corrected chi connectivity index (χ4v) is 3.08. The van der Waals surface area contributed by atoms with Gasteiger partial charge in [-0.05, 0) is 42.8 Å². The number of carbonyl (C=O) groups is 1. The molecular weight excluding hydrogens is 411 g/mol. The van der Waals surface area contributed by atoms with E-state index in [0.717, 1.165) is 18.2 Å². The Labute approximate surface area is 167 Å². The fraction of sp³-hybridized carbons (Fsp3) is 0.222. The molecule has 0 fully saturated rings. The molecule has 1 amide bonds. The topological polar surface area (TPSA) is 107 Å². The molecule has 0 aliphatic carbocycles. The summed E-state index contributed by atoms with van der Waals surface area (Å²) in [6, 6.07) is 9.97. The van der Waals surface area contributed by atoms with E-state index in [2.05, 4.69) is 14.9 Å². The largest absolute Gasteiger partial charge is 0.573 e. The molecule has 0 saturated heterocycles. The predicted octanol–water partition coefficient (Wildman–Crippen LogP) is 3.56. The lowest BCUT2D eigenvalue weighted by Crippen LogP contribution is -2.31. The van der Waals surface area contributed by atoms with Crippen molar-refractivity contribution in [3.05, 3.63) is 52.5 Å². The van der Waals surface area contributed by atoms with Gasteiger partial charge < -0.3 is 10.5 Å². The number of hydrogen-bond donors (Lipinski definition) is 1. The average Bonchev–Trinajstić information content (AvgIpc) is 3.03. The standard InChI is InChI=1S/C18H13ClF3N5O2/c1-17(8-23,9-27-25-14-4-2-3-13(19)15(14)26-27)12-7-10(29-18(20,21)22)5-6-11(12)16(24)28/h2-7H,9H2,1H3,(H2,24,28). The molecular formula is C18H13ClF3N5O2. The number of nitriles is 1. The first-order valence-corrected chi connectivity index (χ1v) is 8.51. The molecule has 7 nitrogen and oxygen atoms in total. The Hall–Kier alpha value is -3.32. The van der Waals surface area contributed by atoms with E-state index >= 15 is 0 Å². The zero-order chi connectivity index (χ0) is 21.4. The summed E-state index contributed by atoms with van der Waals surface area (Å²) in [5, 5.41) is 18.6. The van der Waals surface area contributed by atoms with E-state index in [4.69, 9.17) is 17.3 Å². The van der Waals surface area contributed by atoms with Gasteiger partial charge in [0.15, 0.2) is 0 Å². The third-order valence-electron chi connectivity index (χ3n) is 4.19. The molecule has 29 heavy (non-hydrogen) atoms. The van der Waals surface area contributed by atoms with Crippen molar-refractivity contribution in [2.75, 3.05) is 0 Å². The summed E-state index contributed by atoms with van der Waals surface area (Å²) in [5.74, 6) is -1.48. The van der Waals surface area contributed by atoms with Crippen LogP contribution in [0.1, 0.15) is 22.8 Å². The maximum Gasteiger partial charge on any atom is 0.573 e. The van der Waals surface area contributed by atoms with Gasteiger partial charge in [-0.15, -0.1) is 13.2 Å². The highest BCUT2D eigenvalue weighted by Crippen LogP contribution is 2.33. The van der Waals surface area contributed by atoms with Crippen LogP contribution in [0.2, 0.25) is 5.02 Å². The van der Waals surface area contributed by atoms with Gasteiger partial charge >= 0.3 is 6.36 Å². The van der Waals surface area contributed by atoms with Crippen LogP contribution >= 0.6 is 11.6 Å². The lowest BCUT2D eigenvalue weighted by atomic mass is 9.81. The molecule has 0 bridgehead atoms. The molecule has 1 atom stereocenters. The third kappa shape index (κ3) is 4.25. The zero-order valence-corrected chi connectivity index (χ0v) is 15.6. The minimum atomic E-state index is -4.94. The molecule has 3 rings (SSSR count). The van der Waals surface area contributed by atoms with Gasteiger partial charge in [0.1, 0.15) is 22.2 Å². The van der Waals surface area contributed by atoms with E-state index in [1.807, 2.05) is 6.07 Å². The van der Waals surface area contributed by atoms with E-state index in [1.165, 1.54) is 11.7 Å². The van der Waals surface area contributed by atoms with Crippen molar-refractivity contribution in [1.29, 1.82) is 5.26 Å². The normalized spacial score (nSPS) is 13.7. The second-order valence-corrected chi connectivity index (χ2v) is 6.81. The van der Waals surface area contributed by atoms with Crippen LogP contribution in [0.3, 0.4) is 0 Å². The maximum atomic E-state index is 12.6. The zero-order valence-electron chi connectivity index (χ0n) is 14.9. The Morgan fingerprint density at radius 2 is 2.03 bits per heavy atom. The molecule has 0 radical (unpaired) electrons. The van der Waals surface area contributed by atoms with E-state index in [1.54, 1.807) is 18.2 Å². The minimum Gasteiger partial charge on any atom is -0.406 e. The number of amides is 1. The number of ether oxygens (including phenoxy) is 1. The summed E-state index contributed by atoms with van der Waals surface area (Å²) >= 11 is 6.08. The van der Waals surface area contributed by atoms with Crippen LogP contribution in [0.15, 0.2) is 36.4 Å². The van der Waals surface area contributed by atoms with Gasteiger partial charge in [0, 0.05) is 5.56 Å². The summed E-state index contributed by atoms with van der Waals surface area (Å²) in [6.07, 6.45) is -4.94. The predicted molar refractivity (Wildman–Crippen MR) is 97.1 cm³/mol.